The summed E-state index contributed by atoms with van der Waals surface area (Å²) >= 11 is 1.63. The maximum absolute atomic E-state index is 12.4. The Labute approximate surface area is 157 Å². The van der Waals surface area contributed by atoms with Crippen molar-refractivity contribution in [2.24, 2.45) is 5.92 Å². The summed E-state index contributed by atoms with van der Waals surface area (Å²) in [7, 11) is 0. The van der Waals surface area contributed by atoms with Crippen molar-refractivity contribution in [1.29, 1.82) is 0 Å². The van der Waals surface area contributed by atoms with Crippen molar-refractivity contribution in [2.45, 2.75) is 31.8 Å². The summed E-state index contributed by atoms with van der Waals surface area (Å²) in [5.41, 5.74) is 2.02. The number of hydrogen-bond acceptors (Lipinski definition) is 6. The first-order chi connectivity index (χ1) is 12.6. The minimum absolute atomic E-state index is 0.139. The van der Waals surface area contributed by atoms with Crippen LogP contribution in [0.15, 0.2) is 29.2 Å². The van der Waals surface area contributed by atoms with Gasteiger partial charge in [0.05, 0.1) is 19.5 Å². The third kappa shape index (κ3) is 3.59. The van der Waals surface area contributed by atoms with E-state index in [1.54, 1.807) is 11.3 Å². The van der Waals surface area contributed by atoms with Crippen LogP contribution in [-0.2, 0) is 16.0 Å². The van der Waals surface area contributed by atoms with Crippen LogP contribution in [-0.4, -0.2) is 52.6 Å². The Morgan fingerprint density at radius 1 is 1.42 bits per heavy atom. The van der Waals surface area contributed by atoms with Crippen LogP contribution in [0.5, 0.6) is 0 Å². The van der Waals surface area contributed by atoms with Crippen molar-refractivity contribution in [1.82, 2.24) is 14.9 Å². The number of aryl methyl sites for hydroxylation is 1. The Bertz CT molecular complexity index is 741. The molecule has 4 rings (SSSR count). The van der Waals surface area contributed by atoms with E-state index >= 15 is 0 Å². The number of nitrogens with zero attached hydrogens (tertiary/aromatic N) is 3. The van der Waals surface area contributed by atoms with E-state index in [-0.39, 0.29) is 11.5 Å². The summed E-state index contributed by atoms with van der Waals surface area (Å²) in [6.07, 6.45) is 6.19. The van der Waals surface area contributed by atoms with E-state index < -0.39 is 0 Å². The van der Waals surface area contributed by atoms with Crippen LogP contribution < -0.4 is 5.32 Å². The van der Waals surface area contributed by atoms with Crippen molar-refractivity contribution >= 4 is 23.2 Å². The molecule has 138 valence electrons. The van der Waals surface area contributed by atoms with Crippen molar-refractivity contribution in [3.8, 4) is 0 Å². The Hall–Kier alpha value is -1.99. The highest BCUT2D eigenvalue weighted by atomic mass is 32.1. The number of anilines is 1. The molecule has 4 heterocycles. The Balaban J connectivity index is 1.26. The second-order valence-electron chi connectivity index (χ2n) is 7.26. The van der Waals surface area contributed by atoms with E-state index in [1.807, 2.05) is 41.0 Å². The zero-order valence-corrected chi connectivity index (χ0v) is 15.8. The highest BCUT2D eigenvalue weighted by molar-refractivity contribution is 7.08. The monoisotopic (exact) mass is 372 g/mol. The van der Waals surface area contributed by atoms with Crippen molar-refractivity contribution < 1.29 is 9.53 Å². The van der Waals surface area contributed by atoms with Crippen LogP contribution in [0.1, 0.15) is 24.0 Å². The van der Waals surface area contributed by atoms with Gasteiger partial charge in [0, 0.05) is 25.5 Å². The molecule has 2 aliphatic heterocycles. The van der Waals surface area contributed by atoms with Gasteiger partial charge in [0.2, 0.25) is 11.9 Å². The smallest absolute Gasteiger partial charge is 0.227 e. The molecule has 6 nitrogen and oxygen atoms in total. The van der Waals surface area contributed by atoms with Gasteiger partial charge in [-0.15, -0.1) is 0 Å². The zero-order valence-electron chi connectivity index (χ0n) is 15.0. The van der Waals surface area contributed by atoms with Gasteiger partial charge in [-0.05, 0) is 53.6 Å². The molecule has 2 saturated heterocycles. The molecule has 2 aromatic rings. The molecule has 1 amide bonds. The second-order valence-corrected chi connectivity index (χ2v) is 8.04. The zero-order chi connectivity index (χ0) is 18.0. The molecular weight excluding hydrogens is 348 g/mol. The quantitative estimate of drug-likeness (QED) is 0.844. The van der Waals surface area contributed by atoms with E-state index in [2.05, 4.69) is 15.3 Å². The predicted octanol–water partition coefficient (Wildman–Crippen LogP) is 2.51. The van der Waals surface area contributed by atoms with Crippen LogP contribution >= 0.6 is 11.3 Å². The van der Waals surface area contributed by atoms with Gasteiger partial charge in [0.15, 0.2) is 0 Å². The normalized spacial score (nSPS) is 21.0. The third-order valence-electron chi connectivity index (χ3n) is 5.36. The lowest BCUT2D eigenvalue weighted by Crippen LogP contribution is -2.66. The van der Waals surface area contributed by atoms with Gasteiger partial charge >= 0.3 is 0 Å². The van der Waals surface area contributed by atoms with E-state index in [4.69, 9.17) is 4.74 Å². The van der Waals surface area contributed by atoms with Crippen molar-refractivity contribution in [3.63, 3.8) is 0 Å². The first-order valence-electron chi connectivity index (χ1n) is 9.10. The van der Waals surface area contributed by atoms with Crippen molar-refractivity contribution in [2.75, 3.05) is 31.6 Å². The lowest BCUT2D eigenvalue weighted by atomic mass is 9.78. The van der Waals surface area contributed by atoms with Gasteiger partial charge in [-0.3, -0.25) is 4.79 Å². The molecule has 7 heteroatoms. The van der Waals surface area contributed by atoms with E-state index in [0.717, 1.165) is 50.2 Å². The molecule has 2 aliphatic rings. The molecule has 1 spiro atoms. The topological polar surface area (TPSA) is 67.4 Å². The molecule has 26 heavy (non-hydrogen) atoms. The van der Waals surface area contributed by atoms with Crippen molar-refractivity contribution in [3.05, 3.63) is 40.3 Å². The third-order valence-corrected chi connectivity index (χ3v) is 6.09. The molecule has 0 radical (unpaired) electrons. The minimum atomic E-state index is -0.139. The summed E-state index contributed by atoms with van der Waals surface area (Å²) < 4.78 is 6.07. The Morgan fingerprint density at radius 3 is 2.96 bits per heavy atom. The van der Waals surface area contributed by atoms with Gasteiger partial charge in [0.25, 0.3) is 0 Å². The lowest BCUT2D eigenvalue weighted by Gasteiger charge is -2.50. The lowest BCUT2D eigenvalue weighted by molar-refractivity contribution is -0.164. The average Bonchev–Trinajstić information content (AvgIpc) is 3.25. The molecule has 1 N–H and O–H groups in total. The molecular formula is C19H24N4O2S. The number of hydrogen-bond donors (Lipinski definition) is 1. The fourth-order valence-corrected chi connectivity index (χ4v) is 4.51. The fraction of sp³-hybridized carbons (Fsp3) is 0.526. The summed E-state index contributed by atoms with van der Waals surface area (Å²) in [4.78, 5) is 22.9. The largest absolute Gasteiger partial charge is 0.371 e. The van der Waals surface area contributed by atoms with E-state index in [9.17, 15) is 4.79 Å². The number of rotatable bonds is 6. The van der Waals surface area contributed by atoms with Gasteiger partial charge < -0.3 is 15.0 Å². The van der Waals surface area contributed by atoms with Gasteiger partial charge in [-0.25, -0.2) is 9.97 Å². The first-order valence-corrected chi connectivity index (χ1v) is 10.0. The molecule has 0 bridgehead atoms. The summed E-state index contributed by atoms with van der Waals surface area (Å²) in [6.45, 7) is 5.04. The van der Waals surface area contributed by atoms with Crippen LogP contribution in [0.2, 0.25) is 0 Å². The van der Waals surface area contributed by atoms with Crippen LogP contribution in [0.3, 0.4) is 0 Å². The van der Waals surface area contributed by atoms with Crippen LogP contribution in [0, 0.1) is 12.8 Å². The van der Waals surface area contributed by atoms with Gasteiger partial charge in [0.1, 0.15) is 5.60 Å². The molecule has 0 aliphatic carbocycles. The number of nitrogens with one attached hydrogen (secondary N) is 1. The number of ether oxygens (including phenoxy) is 1. The fourth-order valence-electron chi connectivity index (χ4n) is 3.84. The van der Waals surface area contributed by atoms with Crippen LogP contribution in [0.25, 0.3) is 0 Å². The molecule has 1 atom stereocenters. The maximum atomic E-state index is 12.4. The number of thiophene rings is 1. The number of aromatic nitrogens is 2. The standard InChI is InChI=1S/C19H24N4O2S/c1-14-9-21-18(22-10-14)20-5-2-16-3-6-25-19(16)12-23(13-19)17(24)8-15-4-7-26-11-15/h4,7,9-11,16H,2-3,5-6,8,12-13H2,1H3,(H,20,21,22). The molecule has 0 aromatic carbocycles. The number of likely N-dealkylation sites (tertiary alicyclic amines) is 1. The maximum Gasteiger partial charge on any atom is 0.227 e. The highest BCUT2D eigenvalue weighted by Crippen LogP contribution is 2.41. The molecule has 2 fully saturated rings. The summed E-state index contributed by atoms with van der Waals surface area (Å²) in [5, 5.41) is 7.35. The number of carbonyl (C=O) groups is 1. The summed E-state index contributed by atoms with van der Waals surface area (Å²) in [5.74, 6) is 1.35. The minimum Gasteiger partial charge on any atom is -0.371 e. The van der Waals surface area contributed by atoms with Gasteiger partial charge in [-0.1, -0.05) is 0 Å². The Kier molecular flexibility index (Phi) is 4.91. The SMILES string of the molecule is Cc1cnc(NCCC2CCOC23CN(C(=O)Cc2ccsc2)C3)nc1. The average molecular weight is 372 g/mol. The number of carbonyl (C=O) groups excluding carboxylic acids is 1. The molecule has 1 unspecified atom stereocenters. The summed E-state index contributed by atoms with van der Waals surface area (Å²) in [6, 6.07) is 2.02. The van der Waals surface area contributed by atoms with E-state index in [0.29, 0.717) is 18.3 Å². The van der Waals surface area contributed by atoms with Gasteiger partial charge in [-0.2, -0.15) is 11.3 Å². The second kappa shape index (κ2) is 7.32. The Morgan fingerprint density at radius 2 is 2.23 bits per heavy atom. The van der Waals surface area contributed by atoms with Crippen LogP contribution in [0.4, 0.5) is 5.95 Å². The first kappa shape index (κ1) is 17.4. The molecule has 2 aromatic heterocycles. The predicted molar refractivity (Wildman–Crippen MR) is 101 cm³/mol. The highest BCUT2D eigenvalue weighted by Gasteiger charge is 2.53. The number of amides is 1. The molecule has 0 saturated carbocycles. The van der Waals surface area contributed by atoms with E-state index in [1.165, 1.54) is 0 Å².